The lowest BCUT2D eigenvalue weighted by molar-refractivity contribution is -0.144. The molecule has 0 unspecified atom stereocenters. The second kappa shape index (κ2) is 6.06. The Morgan fingerprint density at radius 1 is 1.65 bits per heavy atom. The van der Waals surface area contributed by atoms with E-state index in [1.807, 2.05) is 6.07 Å². The fourth-order valence-corrected chi connectivity index (χ4v) is 1.50. The van der Waals surface area contributed by atoms with Crippen molar-refractivity contribution < 1.29 is 14.6 Å². The molecule has 0 aliphatic heterocycles. The molecular weight excluding hydrogens is 286 g/mol. The van der Waals surface area contributed by atoms with Crippen LogP contribution in [0.4, 0.5) is 0 Å². The molecule has 0 fully saturated rings. The number of hydrogen-bond donors (Lipinski definition) is 1. The predicted molar refractivity (Wildman–Crippen MR) is 66.5 cm³/mol. The van der Waals surface area contributed by atoms with Crippen LogP contribution in [-0.4, -0.2) is 17.2 Å². The van der Waals surface area contributed by atoms with Gasteiger partial charge in [0.05, 0.1) is 6.07 Å². The summed E-state index contributed by atoms with van der Waals surface area (Å²) >= 11 is 3.29. The van der Waals surface area contributed by atoms with Crippen molar-refractivity contribution in [2.45, 2.75) is 13.0 Å². The Labute approximate surface area is 107 Å². The number of rotatable bonds is 4. The quantitative estimate of drug-likeness (QED) is 0.867. The number of aliphatic carboxylic acids is 1. The molecule has 0 amide bonds. The Hall–Kier alpha value is -1.80. The van der Waals surface area contributed by atoms with Crippen LogP contribution in [0.5, 0.6) is 5.75 Å². The summed E-state index contributed by atoms with van der Waals surface area (Å²) in [5, 5.41) is 17.2. The van der Waals surface area contributed by atoms with Crippen LogP contribution in [-0.2, 0) is 4.79 Å². The second-order valence-corrected chi connectivity index (χ2v) is 4.16. The zero-order valence-electron chi connectivity index (χ0n) is 9.05. The maximum atomic E-state index is 10.7. The molecule has 1 rings (SSSR count). The molecule has 88 valence electrons. The van der Waals surface area contributed by atoms with Gasteiger partial charge in [0.1, 0.15) is 5.75 Å². The molecule has 0 aliphatic carbocycles. The Bertz CT molecular complexity index is 491. The standard InChI is InChI=1S/C12H10BrNO3/c1-8(12(15)16)17-11-5-4-10(13)7-9(11)3-2-6-14/h2-5,7-8H,1H3,(H,15,16)/t8-/m0/s1. The van der Waals surface area contributed by atoms with Gasteiger partial charge in [-0.25, -0.2) is 4.79 Å². The number of nitrogens with zero attached hydrogens (tertiary/aromatic N) is 1. The highest BCUT2D eigenvalue weighted by Crippen LogP contribution is 2.25. The van der Waals surface area contributed by atoms with Crippen LogP contribution in [0.3, 0.4) is 0 Å². The van der Waals surface area contributed by atoms with E-state index in [0.717, 1.165) is 4.47 Å². The fraction of sp³-hybridized carbons (Fsp3) is 0.167. The summed E-state index contributed by atoms with van der Waals surface area (Å²) in [5.74, 6) is -0.613. The van der Waals surface area contributed by atoms with Gasteiger partial charge in [0.15, 0.2) is 6.10 Å². The molecular formula is C12H10BrNO3. The first-order valence-corrected chi connectivity index (χ1v) is 5.59. The van der Waals surface area contributed by atoms with Gasteiger partial charge in [-0.1, -0.05) is 15.9 Å². The average molecular weight is 296 g/mol. The van der Waals surface area contributed by atoms with Gasteiger partial charge in [-0.2, -0.15) is 5.26 Å². The van der Waals surface area contributed by atoms with E-state index in [2.05, 4.69) is 15.9 Å². The third kappa shape index (κ3) is 3.93. The van der Waals surface area contributed by atoms with E-state index in [4.69, 9.17) is 15.1 Å². The number of benzene rings is 1. The Kier molecular flexibility index (Phi) is 4.73. The molecule has 0 aromatic heterocycles. The van der Waals surface area contributed by atoms with Crippen LogP contribution in [0.15, 0.2) is 28.7 Å². The molecule has 5 heteroatoms. The van der Waals surface area contributed by atoms with E-state index >= 15 is 0 Å². The van der Waals surface area contributed by atoms with Crippen molar-refractivity contribution in [2.24, 2.45) is 0 Å². The van der Waals surface area contributed by atoms with Crippen LogP contribution in [0, 0.1) is 11.3 Å². The Morgan fingerprint density at radius 3 is 2.94 bits per heavy atom. The van der Waals surface area contributed by atoms with Crippen molar-refractivity contribution in [3.8, 4) is 11.8 Å². The summed E-state index contributed by atoms with van der Waals surface area (Å²) in [5.41, 5.74) is 0.647. The molecule has 0 spiro atoms. The molecule has 17 heavy (non-hydrogen) atoms. The highest BCUT2D eigenvalue weighted by Gasteiger charge is 2.14. The zero-order chi connectivity index (χ0) is 12.8. The summed E-state index contributed by atoms with van der Waals surface area (Å²) in [6.45, 7) is 1.45. The minimum absolute atomic E-state index is 0.426. The minimum atomic E-state index is -1.04. The summed E-state index contributed by atoms with van der Waals surface area (Å²) < 4.78 is 6.10. The van der Waals surface area contributed by atoms with Gasteiger partial charge in [-0.3, -0.25) is 0 Å². The molecule has 1 N–H and O–H groups in total. The first kappa shape index (κ1) is 13.3. The second-order valence-electron chi connectivity index (χ2n) is 3.24. The summed E-state index contributed by atoms with van der Waals surface area (Å²) in [6, 6.07) is 7.02. The predicted octanol–water partition coefficient (Wildman–Crippen LogP) is 2.84. The lowest BCUT2D eigenvalue weighted by atomic mass is 10.2. The van der Waals surface area contributed by atoms with E-state index in [9.17, 15) is 4.79 Å². The molecule has 4 nitrogen and oxygen atoms in total. The monoisotopic (exact) mass is 295 g/mol. The Morgan fingerprint density at radius 2 is 2.35 bits per heavy atom. The largest absolute Gasteiger partial charge is 0.479 e. The van der Waals surface area contributed by atoms with Gasteiger partial charge < -0.3 is 9.84 Å². The maximum Gasteiger partial charge on any atom is 0.344 e. The molecule has 1 aromatic carbocycles. The lowest BCUT2D eigenvalue weighted by Crippen LogP contribution is -2.23. The number of allylic oxidation sites excluding steroid dienone is 1. The number of ether oxygens (including phenoxy) is 1. The van der Waals surface area contributed by atoms with Crippen LogP contribution in [0.25, 0.3) is 6.08 Å². The third-order valence-electron chi connectivity index (χ3n) is 1.96. The van der Waals surface area contributed by atoms with E-state index in [1.54, 1.807) is 24.3 Å². The van der Waals surface area contributed by atoms with Crippen LogP contribution in [0.1, 0.15) is 12.5 Å². The molecule has 0 aliphatic rings. The Balaban J connectivity index is 3.02. The van der Waals surface area contributed by atoms with E-state index in [1.165, 1.54) is 13.0 Å². The summed E-state index contributed by atoms with van der Waals surface area (Å²) in [4.78, 5) is 10.7. The normalized spacial score (nSPS) is 12.1. The molecule has 0 saturated carbocycles. The zero-order valence-corrected chi connectivity index (χ0v) is 10.6. The van der Waals surface area contributed by atoms with Crippen molar-refractivity contribution in [1.82, 2.24) is 0 Å². The molecule has 0 bridgehead atoms. The molecule has 0 saturated heterocycles. The number of hydrogen-bond acceptors (Lipinski definition) is 3. The first-order chi connectivity index (χ1) is 8.04. The summed E-state index contributed by atoms with van der Waals surface area (Å²) in [7, 11) is 0. The molecule has 1 atom stereocenters. The average Bonchev–Trinajstić information content (AvgIpc) is 2.29. The highest BCUT2D eigenvalue weighted by molar-refractivity contribution is 9.10. The lowest BCUT2D eigenvalue weighted by Gasteiger charge is -2.12. The number of carbonyl (C=O) groups is 1. The molecule has 0 radical (unpaired) electrons. The van der Waals surface area contributed by atoms with Crippen LogP contribution < -0.4 is 4.74 Å². The summed E-state index contributed by atoms with van der Waals surface area (Å²) in [6.07, 6.45) is 1.93. The van der Waals surface area contributed by atoms with Gasteiger partial charge in [-0.15, -0.1) is 0 Å². The minimum Gasteiger partial charge on any atom is -0.479 e. The van der Waals surface area contributed by atoms with Gasteiger partial charge in [0.25, 0.3) is 0 Å². The number of nitriles is 1. The number of carboxylic acid groups (broad SMARTS) is 1. The van der Waals surface area contributed by atoms with Gasteiger partial charge in [0, 0.05) is 16.1 Å². The topological polar surface area (TPSA) is 70.3 Å². The molecule has 0 heterocycles. The highest BCUT2D eigenvalue weighted by atomic mass is 79.9. The van der Waals surface area contributed by atoms with Gasteiger partial charge in [-0.05, 0) is 31.2 Å². The third-order valence-corrected chi connectivity index (χ3v) is 2.45. The first-order valence-electron chi connectivity index (χ1n) is 4.79. The fourth-order valence-electron chi connectivity index (χ4n) is 1.12. The van der Waals surface area contributed by atoms with Gasteiger partial charge >= 0.3 is 5.97 Å². The van der Waals surface area contributed by atoms with Crippen molar-refractivity contribution in [1.29, 1.82) is 5.26 Å². The van der Waals surface area contributed by atoms with Crippen molar-refractivity contribution >= 4 is 28.0 Å². The van der Waals surface area contributed by atoms with E-state index < -0.39 is 12.1 Å². The van der Waals surface area contributed by atoms with Crippen molar-refractivity contribution in [3.63, 3.8) is 0 Å². The van der Waals surface area contributed by atoms with Crippen molar-refractivity contribution in [2.75, 3.05) is 0 Å². The maximum absolute atomic E-state index is 10.7. The van der Waals surface area contributed by atoms with Gasteiger partial charge in [0.2, 0.25) is 0 Å². The molecule has 1 aromatic rings. The van der Waals surface area contributed by atoms with Crippen molar-refractivity contribution in [3.05, 3.63) is 34.3 Å². The van der Waals surface area contributed by atoms with E-state index in [-0.39, 0.29) is 0 Å². The van der Waals surface area contributed by atoms with E-state index in [0.29, 0.717) is 11.3 Å². The number of halogens is 1. The van der Waals surface area contributed by atoms with Crippen LogP contribution >= 0.6 is 15.9 Å². The number of carboxylic acids is 1. The smallest absolute Gasteiger partial charge is 0.344 e. The SMILES string of the molecule is C[C@H](Oc1ccc(Br)cc1C=CC#N)C(=O)O. The van der Waals surface area contributed by atoms with Crippen LogP contribution in [0.2, 0.25) is 0 Å².